The van der Waals surface area contributed by atoms with Crippen molar-refractivity contribution in [1.82, 2.24) is 10.2 Å². The quantitative estimate of drug-likeness (QED) is 0.500. The fourth-order valence-electron chi connectivity index (χ4n) is 6.56. The molecule has 11 heteroatoms. The molecule has 3 heterocycles. The van der Waals surface area contributed by atoms with Gasteiger partial charge in [-0.2, -0.15) is 0 Å². The lowest BCUT2D eigenvalue weighted by molar-refractivity contribution is -0.136. The van der Waals surface area contributed by atoms with Gasteiger partial charge in [-0.05, 0) is 81.7 Å². The van der Waals surface area contributed by atoms with Crippen LogP contribution in [0.15, 0.2) is 30.3 Å². The monoisotopic (exact) mass is 574 g/mol. The summed E-state index contributed by atoms with van der Waals surface area (Å²) < 4.78 is 11.9. The number of piperidine rings is 1. The number of rotatable bonds is 6. The maximum atomic E-state index is 13.7. The summed E-state index contributed by atoms with van der Waals surface area (Å²) in [5.41, 5.74) is 3.09. The molecule has 2 N–H and O–H groups in total. The molecule has 5 amide bonds. The molecule has 0 bridgehead atoms. The molecule has 2 fully saturated rings. The van der Waals surface area contributed by atoms with Crippen LogP contribution in [-0.4, -0.2) is 66.3 Å². The fraction of sp³-hybridized carbons (Fsp3) is 0.452. The first-order chi connectivity index (χ1) is 20.2. The van der Waals surface area contributed by atoms with Crippen LogP contribution >= 0.6 is 0 Å². The van der Waals surface area contributed by atoms with Crippen molar-refractivity contribution in [2.24, 2.45) is 0 Å². The van der Waals surface area contributed by atoms with Crippen LogP contribution in [0.1, 0.15) is 84.6 Å². The predicted octanol–water partition coefficient (Wildman–Crippen LogP) is 3.64. The second-order valence-corrected chi connectivity index (χ2v) is 11.3. The number of ether oxygens (including phenoxy) is 2. The van der Waals surface area contributed by atoms with Gasteiger partial charge in [0.05, 0.1) is 28.6 Å². The number of likely N-dealkylation sites (N-methyl/N-ethyl adjacent to an activating group) is 1. The van der Waals surface area contributed by atoms with Crippen molar-refractivity contribution in [1.29, 1.82) is 0 Å². The summed E-state index contributed by atoms with van der Waals surface area (Å²) in [7, 11) is 1.71. The summed E-state index contributed by atoms with van der Waals surface area (Å²) in [5.74, 6) is -1.60. The van der Waals surface area contributed by atoms with Gasteiger partial charge < -0.3 is 19.7 Å². The molecule has 0 aromatic heterocycles. The molecule has 2 atom stereocenters. The molecule has 220 valence electrons. The summed E-state index contributed by atoms with van der Waals surface area (Å²) in [6.07, 6.45) is 3.37. The highest BCUT2D eigenvalue weighted by Crippen LogP contribution is 2.46. The van der Waals surface area contributed by atoms with E-state index in [9.17, 15) is 24.0 Å². The Morgan fingerprint density at radius 2 is 1.76 bits per heavy atom. The van der Waals surface area contributed by atoms with Gasteiger partial charge in [0.2, 0.25) is 11.8 Å². The zero-order valence-corrected chi connectivity index (χ0v) is 23.9. The van der Waals surface area contributed by atoms with Crippen molar-refractivity contribution in [3.8, 4) is 5.75 Å². The molecule has 1 saturated carbocycles. The number of imide groups is 2. The van der Waals surface area contributed by atoms with Crippen LogP contribution in [0.2, 0.25) is 0 Å². The summed E-state index contributed by atoms with van der Waals surface area (Å²) in [5, 5.41) is 5.65. The lowest BCUT2D eigenvalue weighted by Crippen LogP contribution is -2.54. The van der Waals surface area contributed by atoms with Crippen LogP contribution < -0.4 is 20.3 Å². The Morgan fingerprint density at radius 3 is 2.48 bits per heavy atom. The van der Waals surface area contributed by atoms with E-state index in [2.05, 4.69) is 10.6 Å². The van der Waals surface area contributed by atoms with Crippen molar-refractivity contribution in [3.63, 3.8) is 0 Å². The fourth-order valence-corrected chi connectivity index (χ4v) is 6.56. The van der Waals surface area contributed by atoms with E-state index in [0.717, 1.165) is 36.1 Å². The molecule has 11 nitrogen and oxygen atoms in total. The number of fused-ring (bicyclic) bond motifs is 2. The first kappa shape index (κ1) is 27.9. The van der Waals surface area contributed by atoms with E-state index in [-0.39, 0.29) is 41.9 Å². The number of carbonyl (C=O) groups excluding carboxylic acids is 5. The Balaban J connectivity index is 1.37. The minimum Gasteiger partial charge on any atom is -0.479 e. The van der Waals surface area contributed by atoms with Crippen LogP contribution in [0, 0.1) is 0 Å². The molecule has 0 unspecified atom stereocenters. The van der Waals surface area contributed by atoms with E-state index < -0.39 is 35.8 Å². The third kappa shape index (κ3) is 4.71. The first-order valence-corrected chi connectivity index (χ1v) is 14.5. The van der Waals surface area contributed by atoms with Crippen molar-refractivity contribution in [3.05, 3.63) is 47.0 Å². The Kier molecular flexibility index (Phi) is 7.22. The number of nitrogens with one attached hydrogen (secondary N) is 2. The van der Waals surface area contributed by atoms with Gasteiger partial charge in [0.1, 0.15) is 11.8 Å². The summed E-state index contributed by atoms with van der Waals surface area (Å²) in [6.45, 7) is 4.40. The molecule has 0 radical (unpaired) electrons. The molecule has 1 saturated heterocycles. The molecule has 42 heavy (non-hydrogen) atoms. The number of hydrogen-bond donors (Lipinski definition) is 2. The largest absolute Gasteiger partial charge is 0.479 e. The highest BCUT2D eigenvalue weighted by molar-refractivity contribution is 6.25. The Bertz CT molecular complexity index is 1500. The maximum absolute atomic E-state index is 13.7. The third-order valence-electron chi connectivity index (χ3n) is 8.73. The molecule has 0 spiro atoms. The van der Waals surface area contributed by atoms with E-state index in [0.29, 0.717) is 29.4 Å². The SMILES string of the molecule is CCOC1CCC(c2cc3c(cc2Nc2cccc4c2C(=O)N([C@H]2CCC(=O)NC2=O)C4=O)N(C)C(=O)[C@@H](C)O3)CC1. The summed E-state index contributed by atoms with van der Waals surface area (Å²) in [6, 6.07) is 7.77. The van der Waals surface area contributed by atoms with Crippen molar-refractivity contribution < 1.29 is 33.4 Å². The Morgan fingerprint density at radius 1 is 1.00 bits per heavy atom. The van der Waals surface area contributed by atoms with Gasteiger partial charge in [-0.3, -0.25) is 34.2 Å². The number of amides is 5. The molecule has 2 aromatic carbocycles. The zero-order valence-electron chi connectivity index (χ0n) is 23.9. The molecule has 1 aliphatic carbocycles. The van der Waals surface area contributed by atoms with Crippen LogP contribution in [0.5, 0.6) is 5.75 Å². The smallest absolute Gasteiger partial charge is 0.267 e. The number of hydrogen-bond acceptors (Lipinski definition) is 8. The highest BCUT2D eigenvalue weighted by Gasteiger charge is 2.46. The molecule has 2 aromatic rings. The molecule has 4 aliphatic rings. The maximum Gasteiger partial charge on any atom is 0.267 e. The minimum absolute atomic E-state index is 0.0475. The van der Waals surface area contributed by atoms with Gasteiger partial charge in [-0.25, -0.2) is 0 Å². The predicted molar refractivity (Wildman–Crippen MR) is 153 cm³/mol. The Hall–Kier alpha value is -4.25. The van der Waals surface area contributed by atoms with Crippen LogP contribution in [0.4, 0.5) is 17.1 Å². The lowest BCUT2D eigenvalue weighted by atomic mass is 9.81. The molecule has 6 rings (SSSR count). The van der Waals surface area contributed by atoms with Crippen LogP contribution in [0.25, 0.3) is 0 Å². The zero-order chi connectivity index (χ0) is 29.7. The van der Waals surface area contributed by atoms with Gasteiger partial charge in [-0.1, -0.05) is 6.07 Å². The minimum atomic E-state index is -1.05. The molecular formula is C31H34N4O7. The van der Waals surface area contributed by atoms with Gasteiger partial charge in [0, 0.05) is 25.8 Å². The van der Waals surface area contributed by atoms with Gasteiger partial charge >= 0.3 is 0 Å². The van der Waals surface area contributed by atoms with Gasteiger partial charge in [-0.15, -0.1) is 0 Å². The van der Waals surface area contributed by atoms with E-state index in [1.807, 2.05) is 19.1 Å². The average molecular weight is 575 g/mol. The topological polar surface area (TPSA) is 134 Å². The van der Waals surface area contributed by atoms with Gasteiger partial charge in [0.15, 0.2) is 6.10 Å². The standard InChI is InChI=1S/C31H34N4O7/c1-4-41-18-10-8-17(9-11-18)20-14-25-24(34(3)29(38)16(2)42-25)15-22(20)32-21-7-5-6-19-27(21)31(40)35(30(19)39)23-12-13-26(36)33-28(23)37/h5-7,14-18,23,32H,4,8-13H2,1-3H3,(H,33,36,37)/t16-,17?,18?,23+/m1/s1. The average Bonchev–Trinajstić information content (AvgIpc) is 3.23. The summed E-state index contributed by atoms with van der Waals surface area (Å²) in [4.78, 5) is 66.6. The summed E-state index contributed by atoms with van der Waals surface area (Å²) >= 11 is 0. The number of carbonyl (C=O) groups is 5. The third-order valence-corrected chi connectivity index (χ3v) is 8.73. The normalized spacial score (nSPS) is 25.6. The molecule has 3 aliphatic heterocycles. The van der Waals surface area contributed by atoms with E-state index in [4.69, 9.17) is 9.47 Å². The van der Waals surface area contributed by atoms with Crippen LogP contribution in [0.3, 0.4) is 0 Å². The second kappa shape index (κ2) is 10.9. The number of nitrogens with zero attached hydrogens (tertiary/aromatic N) is 2. The highest BCUT2D eigenvalue weighted by atomic mass is 16.5. The van der Waals surface area contributed by atoms with Crippen molar-refractivity contribution >= 4 is 46.6 Å². The number of anilines is 3. The second-order valence-electron chi connectivity index (χ2n) is 11.3. The van der Waals surface area contributed by atoms with Crippen LogP contribution in [-0.2, 0) is 19.1 Å². The Labute approximate surface area is 243 Å². The molecular weight excluding hydrogens is 540 g/mol. The lowest BCUT2D eigenvalue weighted by Gasteiger charge is -2.34. The van der Waals surface area contributed by atoms with Gasteiger partial charge in [0.25, 0.3) is 17.7 Å². The first-order valence-electron chi connectivity index (χ1n) is 14.5. The van der Waals surface area contributed by atoms with E-state index in [1.54, 1.807) is 37.1 Å². The number of benzene rings is 2. The van der Waals surface area contributed by atoms with Crippen molar-refractivity contribution in [2.75, 3.05) is 23.9 Å². The van der Waals surface area contributed by atoms with Crippen molar-refractivity contribution in [2.45, 2.75) is 76.5 Å². The van der Waals surface area contributed by atoms with E-state index in [1.165, 1.54) is 0 Å². The van der Waals surface area contributed by atoms with E-state index >= 15 is 0 Å².